The van der Waals surface area contributed by atoms with E-state index in [2.05, 4.69) is 24.1 Å². The molecular formula is C27H36N4O3S. The molecule has 2 heterocycles. The van der Waals surface area contributed by atoms with E-state index < -0.39 is 10.0 Å². The second kappa shape index (κ2) is 10.1. The van der Waals surface area contributed by atoms with Gasteiger partial charge in [-0.3, -0.25) is 4.79 Å². The van der Waals surface area contributed by atoms with E-state index in [0.717, 1.165) is 40.0 Å². The molecule has 0 spiro atoms. The first-order chi connectivity index (χ1) is 16.6. The molecule has 1 aromatic heterocycles. The van der Waals surface area contributed by atoms with Crippen LogP contribution in [0.4, 0.5) is 0 Å². The molecule has 2 aromatic carbocycles. The van der Waals surface area contributed by atoms with Crippen LogP contribution in [0.25, 0.3) is 11.0 Å². The molecule has 2 atom stereocenters. The zero-order valence-electron chi connectivity index (χ0n) is 21.3. The predicted octanol–water partition coefficient (Wildman–Crippen LogP) is 4.79. The zero-order valence-corrected chi connectivity index (χ0v) is 22.1. The maximum atomic E-state index is 13.4. The van der Waals surface area contributed by atoms with Crippen molar-refractivity contribution in [3.05, 3.63) is 58.9 Å². The number of carbonyl (C=O) groups is 1. The first-order valence-corrected chi connectivity index (χ1v) is 13.9. The summed E-state index contributed by atoms with van der Waals surface area (Å²) in [7, 11) is -3.60. The molecule has 1 fully saturated rings. The van der Waals surface area contributed by atoms with Gasteiger partial charge in [0.1, 0.15) is 5.82 Å². The summed E-state index contributed by atoms with van der Waals surface area (Å²) in [6, 6.07) is 11.4. The summed E-state index contributed by atoms with van der Waals surface area (Å²) in [5.74, 6) is 0.708. The summed E-state index contributed by atoms with van der Waals surface area (Å²) in [6.07, 6.45) is 1.90. The molecule has 8 heteroatoms. The number of hydrogen-bond acceptors (Lipinski definition) is 4. The van der Waals surface area contributed by atoms with Crippen molar-refractivity contribution in [2.24, 2.45) is 11.8 Å². The standard InChI is InChI=1S/C27H36N4O3S/c1-6-18(3)24(26-28-22-9-7-8-10-23(22)29-26)30-27(32)21-11-13-31(14-12-21)35(33,34)25-19(4)15-17(2)16-20(25)5/h7-10,15-16,18,21,24H,6,11-14H2,1-5H3,(H,28,29)(H,30,32). The van der Waals surface area contributed by atoms with Crippen molar-refractivity contribution in [3.8, 4) is 0 Å². The molecule has 1 aliphatic heterocycles. The fourth-order valence-corrected chi connectivity index (χ4v) is 7.05. The number of hydrogen-bond donors (Lipinski definition) is 2. The van der Waals surface area contributed by atoms with Crippen LogP contribution in [0, 0.1) is 32.6 Å². The van der Waals surface area contributed by atoms with Crippen molar-refractivity contribution in [1.29, 1.82) is 0 Å². The summed E-state index contributed by atoms with van der Waals surface area (Å²) < 4.78 is 28.3. The molecule has 35 heavy (non-hydrogen) atoms. The first-order valence-electron chi connectivity index (χ1n) is 12.4. The number of aryl methyl sites for hydroxylation is 3. The summed E-state index contributed by atoms with van der Waals surface area (Å²) in [4.78, 5) is 21.8. The Morgan fingerprint density at radius 2 is 1.77 bits per heavy atom. The maximum Gasteiger partial charge on any atom is 0.243 e. The van der Waals surface area contributed by atoms with Crippen LogP contribution in [0.3, 0.4) is 0 Å². The van der Waals surface area contributed by atoms with E-state index in [9.17, 15) is 13.2 Å². The van der Waals surface area contributed by atoms with Gasteiger partial charge in [-0.25, -0.2) is 13.4 Å². The summed E-state index contributed by atoms with van der Waals surface area (Å²) in [5, 5.41) is 3.22. The Hall–Kier alpha value is -2.71. The zero-order chi connectivity index (χ0) is 25.3. The van der Waals surface area contributed by atoms with Crippen LogP contribution in [0.2, 0.25) is 0 Å². The molecule has 1 aliphatic rings. The number of rotatable bonds is 7. The Balaban J connectivity index is 1.46. The van der Waals surface area contributed by atoms with Crippen LogP contribution in [-0.4, -0.2) is 41.7 Å². The number of para-hydroxylation sites is 2. The van der Waals surface area contributed by atoms with Crippen molar-refractivity contribution in [2.45, 2.75) is 64.8 Å². The van der Waals surface area contributed by atoms with Crippen molar-refractivity contribution >= 4 is 27.0 Å². The fraction of sp³-hybridized carbons (Fsp3) is 0.481. The Morgan fingerprint density at radius 3 is 2.37 bits per heavy atom. The average Bonchev–Trinajstić information content (AvgIpc) is 3.25. The number of fused-ring (bicyclic) bond motifs is 1. The smallest absolute Gasteiger partial charge is 0.243 e. The van der Waals surface area contributed by atoms with Crippen molar-refractivity contribution in [3.63, 3.8) is 0 Å². The number of piperidine rings is 1. The summed E-state index contributed by atoms with van der Waals surface area (Å²) >= 11 is 0. The molecule has 4 rings (SSSR count). The van der Waals surface area contributed by atoms with Gasteiger partial charge >= 0.3 is 0 Å². The summed E-state index contributed by atoms with van der Waals surface area (Å²) in [6.45, 7) is 10.6. The van der Waals surface area contributed by atoms with Gasteiger partial charge in [-0.15, -0.1) is 0 Å². The van der Waals surface area contributed by atoms with E-state index in [-0.39, 0.29) is 23.8 Å². The summed E-state index contributed by atoms with van der Waals surface area (Å²) in [5.41, 5.74) is 4.42. The normalized spacial score (nSPS) is 17.4. The third kappa shape index (κ3) is 5.14. The van der Waals surface area contributed by atoms with Crippen molar-refractivity contribution in [2.75, 3.05) is 13.1 Å². The highest BCUT2D eigenvalue weighted by molar-refractivity contribution is 7.89. The van der Waals surface area contributed by atoms with Gasteiger partial charge in [0.15, 0.2) is 0 Å². The van der Waals surface area contributed by atoms with Gasteiger partial charge in [0.2, 0.25) is 15.9 Å². The molecular weight excluding hydrogens is 460 g/mol. The number of aromatic amines is 1. The molecule has 0 bridgehead atoms. The number of nitrogens with zero attached hydrogens (tertiary/aromatic N) is 2. The number of amides is 1. The number of imidazole rings is 1. The number of aromatic nitrogens is 2. The lowest BCUT2D eigenvalue weighted by molar-refractivity contribution is -0.127. The largest absolute Gasteiger partial charge is 0.346 e. The molecule has 1 amide bonds. The van der Waals surface area contributed by atoms with Crippen LogP contribution in [0.15, 0.2) is 41.3 Å². The van der Waals surface area contributed by atoms with E-state index in [1.807, 2.05) is 57.2 Å². The third-order valence-electron chi connectivity index (χ3n) is 7.24. The van der Waals surface area contributed by atoms with Crippen LogP contribution < -0.4 is 5.32 Å². The maximum absolute atomic E-state index is 13.4. The highest BCUT2D eigenvalue weighted by Crippen LogP contribution is 2.30. The van der Waals surface area contributed by atoms with Crippen LogP contribution in [0.5, 0.6) is 0 Å². The molecule has 1 saturated heterocycles. The molecule has 3 aromatic rings. The Labute approximate surface area is 208 Å². The molecule has 2 N–H and O–H groups in total. The molecule has 0 aliphatic carbocycles. The van der Waals surface area contributed by atoms with E-state index in [1.54, 1.807) is 0 Å². The van der Waals surface area contributed by atoms with Gasteiger partial charge in [0.05, 0.1) is 22.0 Å². The lowest BCUT2D eigenvalue weighted by atomic mass is 9.94. The van der Waals surface area contributed by atoms with Gasteiger partial charge in [-0.1, -0.05) is 50.1 Å². The number of H-pyrrole nitrogens is 1. The lowest BCUT2D eigenvalue weighted by Gasteiger charge is -2.32. The molecule has 0 saturated carbocycles. The van der Waals surface area contributed by atoms with E-state index >= 15 is 0 Å². The van der Waals surface area contributed by atoms with Gasteiger partial charge in [0, 0.05) is 19.0 Å². The predicted molar refractivity (Wildman–Crippen MR) is 139 cm³/mol. The van der Waals surface area contributed by atoms with E-state index in [4.69, 9.17) is 4.98 Å². The Bertz CT molecular complexity index is 1270. The first kappa shape index (κ1) is 25.4. The number of sulfonamides is 1. The van der Waals surface area contributed by atoms with Crippen molar-refractivity contribution in [1.82, 2.24) is 19.6 Å². The van der Waals surface area contributed by atoms with Crippen LogP contribution >= 0.6 is 0 Å². The Morgan fingerprint density at radius 1 is 1.14 bits per heavy atom. The van der Waals surface area contributed by atoms with Crippen molar-refractivity contribution < 1.29 is 13.2 Å². The minimum Gasteiger partial charge on any atom is -0.346 e. The SMILES string of the molecule is CCC(C)C(NC(=O)C1CCN(S(=O)(=O)c2c(C)cc(C)cc2C)CC1)c1nc2ccccc2[nH]1. The van der Waals surface area contributed by atoms with Crippen LogP contribution in [0.1, 0.15) is 61.7 Å². The minimum absolute atomic E-state index is 0.0319. The fourth-order valence-electron chi connectivity index (χ4n) is 5.17. The third-order valence-corrected chi connectivity index (χ3v) is 9.45. The van der Waals surface area contributed by atoms with Gasteiger partial charge in [-0.05, 0) is 62.8 Å². The topological polar surface area (TPSA) is 95.2 Å². The quantitative estimate of drug-likeness (QED) is 0.492. The number of benzene rings is 2. The monoisotopic (exact) mass is 496 g/mol. The number of carbonyl (C=O) groups excluding carboxylic acids is 1. The molecule has 7 nitrogen and oxygen atoms in total. The van der Waals surface area contributed by atoms with Gasteiger partial charge in [0.25, 0.3) is 0 Å². The van der Waals surface area contributed by atoms with Crippen LogP contribution in [-0.2, 0) is 14.8 Å². The van der Waals surface area contributed by atoms with Gasteiger partial charge in [-0.2, -0.15) is 4.31 Å². The van der Waals surface area contributed by atoms with E-state index in [0.29, 0.717) is 30.8 Å². The highest BCUT2D eigenvalue weighted by Gasteiger charge is 2.35. The number of nitrogens with one attached hydrogen (secondary N) is 2. The lowest BCUT2D eigenvalue weighted by Crippen LogP contribution is -2.44. The second-order valence-electron chi connectivity index (χ2n) is 9.92. The minimum atomic E-state index is -3.60. The molecule has 2 unspecified atom stereocenters. The Kier molecular flexibility index (Phi) is 7.33. The molecule has 188 valence electrons. The van der Waals surface area contributed by atoms with Gasteiger partial charge < -0.3 is 10.3 Å². The second-order valence-corrected chi connectivity index (χ2v) is 11.8. The van der Waals surface area contributed by atoms with E-state index in [1.165, 1.54) is 4.31 Å². The highest BCUT2D eigenvalue weighted by atomic mass is 32.2. The molecule has 0 radical (unpaired) electrons. The average molecular weight is 497 g/mol.